The predicted octanol–water partition coefficient (Wildman–Crippen LogP) is 2.19. The van der Waals surface area contributed by atoms with Gasteiger partial charge in [0.2, 0.25) is 5.91 Å². The van der Waals surface area contributed by atoms with E-state index in [1.807, 2.05) is 25.1 Å². The zero-order valence-corrected chi connectivity index (χ0v) is 9.21. The van der Waals surface area contributed by atoms with Crippen LogP contribution in [-0.2, 0) is 11.3 Å². The average Bonchev–Trinajstić information content (AvgIpc) is 2.16. The van der Waals surface area contributed by atoms with Crippen molar-refractivity contribution in [2.45, 2.75) is 13.5 Å². The molecule has 1 amide bonds. The number of hydrogen-bond acceptors (Lipinski definition) is 1. The highest BCUT2D eigenvalue weighted by Crippen LogP contribution is 2.06. The summed E-state index contributed by atoms with van der Waals surface area (Å²) < 4.78 is 0. The fraction of sp³-hybridized carbons (Fsp3) is 0.364. The standard InChI is InChI=1S/C11H14ClNO/c1-9-4-3-5-10(6-9)8-13(2)11(14)7-12/h3-6H,7-8H2,1-2H3. The minimum atomic E-state index is -0.0480. The lowest BCUT2D eigenvalue weighted by molar-refractivity contribution is -0.127. The van der Waals surface area contributed by atoms with E-state index >= 15 is 0 Å². The summed E-state index contributed by atoms with van der Waals surface area (Å²) >= 11 is 5.45. The van der Waals surface area contributed by atoms with E-state index < -0.39 is 0 Å². The number of hydrogen-bond donors (Lipinski definition) is 0. The lowest BCUT2D eigenvalue weighted by atomic mass is 10.1. The Bertz CT molecular complexity index is 325. The smallest absolute Gasteiger partial charge is 0.237 e. The van der Waals surface area contributed by atoms with Gasteiger partial charge in [0, 0.05) is 13.6 Å². The molecule has 0 N–H and O–H groups in total. The maximum Gasteiger partial charge on any atom is 0.237 e. The Labute approximate surface area is 89.5 Å². The third-order valence-electron chi connectivity index (χ3n) is 2.04. The minimum absolute atomic E-state index is 0.0440. The molecule has 0 aliphatic rings. The van der Waals surface area contributed by atoms with Crippen LogP contribution in [0.5, 0.6) is 0 Å². The van der Waals surface area contributed by atoms with Gasteiger partial charge in [-0.15, -0.1) is 11.6 Å². The van der Waals surface area contributed by atoms with Crippen LogP contribution in [-0.4, -0.2) is 23.7 Å². The quantitative estimate of drug-likeness (QED) is 0.702. The first-order chi connectivity index (χ1) is 6.63. The number of halogens is 1. The van der Waals surface area contributed by atoms with Crippen molar-refractivity contribution in [1.82, 2.24) is 4.90 Å². The molecule has 0 saturated carbocycles. The van der Waals surface area contributed by atoms with E-state index in [-0.39, 0.29) is 11.8 Å². The Balaban J connectivity index is 2.64. The molecule has 0 aromatic heterocycles. The first-order valence-electron chi connectivity index (χ1n) is 4.49. The van der Waals surface area contributed by atoms with Crippen molar-refractivity contribution in [3.63, 3.8) is 0 Å². The van der Waals surface area contributed by atoms with Crippen molar-refractivity contribution in [2.75, 3.05) is 12.9 Å². The van der Waals surface area contributed by atoms with Gasteiger partial charge in [-0.25, -0.2) is 0 Å². The molecule has 0 aliphatic heterocycles. The first-order valence-corrected chi connectivity index (χ1v) is 5.02. The number of nitrogens with zero attached hydrogens (tertiary/aromatic N) is 1. The van der Waals surface area contributed by atoms with Crippen molar-refractivity contribution in [1.29, 1.82) is 0 Å². The van der Waals surface area contributed by atoms with Crippen LogP contribution in [0, 0.1) is 6.92 Å². The molecule has 1 aromatic rings. The van der Waals surface area contributed by atoms with Crippen LogP contribution >= 0.6 is 11.6 Å². The molecular formula is C11H14ClNO. The lowest BCUT2D eigenvalue weighted by Gasteiger charge is -2.15. The summed E-state index contributed by atoms with van der Waals surface area (Å²) in [6.07, 6.45) is 0. The van der Waals surface area contributed by atoms with E-state index in [1.54, 1.807) is 11.9 Å². The van der Waals surface area contributed by atoms with Gasteiger partial charge < -0.3 is 4.90 Å². The first kappa shape index (κ1) is 11.1. The van der Waals surface area contributed by atoms with Gasteiger partial charge in [-0.05, 0) is 12.5 Å². The summed E-state index contributed by atoms with van der Waals surface area (Å²) in [5.41, 5.74) is 2.33. The van der Waals surface area contributed by atoms with Gasteiger partial charge in [0.05, 0.1) is 0 Å². The number of carbonyl (C=O) groups excluding carboxylic acids is 1. The summed E-state index contributed by atoms with van der Waals surface area (Å²) in [5, 5.41) is 0. The molecule has 0 heterocycles. The van der Waals surface area contributed by atoms with E-state index in [2.05, 4.69) is 6.07 Å². The third kappa shape index (κ3) is 3.04. The van der Waals surface area contributed by atoms with Gasteiger partial charge >= 0.3 is 0 Å². The van der Waals surface area contributed by atoms with Crippen molar-refractivity contribution in [2.24, 2.45) is 0 Å². The monoisotopic (exact) mass is 211 g/mol. The molecule has 0 atom stereocenters. The van der Waals surface area contributed by atoms with E-state index in [4.69, 9.17) is 11.6 Å². The zero-order chi connectivity index (χ0) is 10.6. The Hall–Kier alpha value is -1.02. The molecule has 14 heavy (non-hydrogen) atoms. The maximum absolute atomic E-state index is 11.2. The van der Waals surface area contributed by atoms with Gasteiger partial charge in [-0.1, -0.05) is 29.8 Å². The fourth-order valence-electron chi connectivity index (χ4n) is 1.27. The molecule has 0 fully saturated rings. The van der Waals surface area contributed by atoms with Crippen LogP contribution in [0.25, 0.3) is 0 Å². The average molecular weight is 212 g/mol. The number of rotatable bonds is 3. The van der Waals surface area contributed by atoms with Crippen molar-refractivity contribution in [3.05, 3.63) is 35.4 Å². The Morgan fingerprint density at radius 1 is 1.50 bits per heavy atom. The highest BCUT2D eigenvalue weighted by molar-refractivity contribution is 6.27. The minimum Gasteiger partial charge on any atom is -0.340 e. The van der Waals surface area contributed by atoms with E-state index in [1.165, 1.54) is 5.56 Å². The van der Waals surface area contributed by atoms with Crippen LogP contribution in [0.1, 0.15) is 11.1 Å². The Morgan fingerprint density at radius 2 is 2.21 bits per heavy atom. The SMILES string of the molecule is Cc1cccc(CN(C)C(=O)CCl)c1. The molecule has 0 spiro atoms. The second kappa shape index (κ2) is 5.01. The highest BCUT2D eigenvalue weighted by atomic mass is 35.5. The Kier molecular flexibility index (Phi) is 3.96. The van der Waals surface area contributed by atoms with Crippen LogP contribution in [0.3, 0.4) is 0 Å². The van der Waals surface area contributed by atoms with Crippen molar-refractivity contribution >= 4 is 17.5 Å². The van der Waals surface area contributed by atoms with Crippen molar-refractivity contribution in [3.8, 4) is 0 Å². The summed E-state index contributed by atoms with van der Waals surface area (Å²) in [6.45, 7) is 2.65. The summed E-state index contributed by atoms with van der Waals surface area (Å²) in [4.78, 5) is 12.8. The summed E-state index contributed by atoms with van der Waals surface area (Å²) in [7, 11) is 1.76. The third-order valence-corrected chi connectivity index (χ3v) is 2.27. The van der Waals surface area contributed by atoms with Gasteiger partial charge in [0.15, 0.2) is 0 Å². The number of amides is 1. The van der Waals surface area contributed by atoms with Crippen LogP contribution < -0.4 is 0 Å². The fourth-order valence-corrected chi connectivity index (χ4v) is 1.48. The van der Waals surface area contributed by atoms with Gasteiger partial charge in [0.25, 0.3) is 0 Å². The molecule has 0 unspecified atom stereocenters. The molecular weight excluding hydrogens is 198 g/mol. The van der Waals surface area contributed by atoms with E-state index in [0.717, 1.165) is 5.56 Å². The van der Waals surface area contributed by atoms with Gasteiger partial charge in [0.1, 0.15) is 5.88 Å². The zero-order valence-electron chi connectivity index (χ0n) is 8.46. The van der Waals surface area contributed by atoms with Gasteiger partial charge in [-0.2, -0.15) is 0 Å². The van der Waals surface area contributed by atoms with Crippen LogP contribution in [0.4, 0.5) is 0 Å². The molecule has 76 valence electrons. The maximum atomic E-state index is 11.2. The molecule has 1 aromatic carbocycles. The molecule has 0 aliphatic carbocycles. The molecule has 2 nitrogen and oxygen atoms in total. The molecule has 1 rings (SSSR count). The Morgan fingerprint density at radius 3 is 2.79 bits per heavy atom. The second-order valence-corrected chi connectivity index (χ2v) is 3.64. The summed E-state index contributed by atoms with van der Waals surface area (Å²) in [6, 6.07) is 8.10. The lowest BCUT2D eigenvalue weighted by Crippen LogP contribution is -2.27. The van der Waals surface area contributed by atoms with Gasteiger partial charge in [-0.3, -0.25) is 4.79 Å². The summed E-state index contributed by atoms with van der Waals surface area (Å²) in [5.74, 6) is -0.00402. The number of carbonyl (C=O) groups is 1. The predicted molar refractivity (Wildman–Crippen MR) is 58.4 cm³/mol. The number of alkyl halides is 1. The van der Waals surface area contributed by atoms with Crippen molar-refractivity contribution < 1.29 is 4.79 Å². The van der Waals surface area contributed by atoms with E-state index in [0.29, 0.717) is 6.54 Å². The number of aryl methyl sites for hydroxylation is 1. The van der Waals surface area contributed by atoms with Crippen LogP contribution in [0.15, 0.2) is 24.3 Å². The van der Waals surface area contributed by atoms with E-state index in [9.17, 15) is 4.79 Å². The largest absolute Gasteiger partial charge is 0.340 e. The topological polar surface area (TPSA) is 20.3 Å². The second-order valence-electron chi connectivity index (χ2n) is 3.37. The normalized spacial score (nSPS) is 9.93. The van der Waals surface area contributed by atoms with Crippen LogP contribution in [0.2, 0.25) is 0 Å². The molecule has 0 bridgehead atoms. The molecule has 0 radical (unpaired) electrons. The number of benzene rings is 1. The molecule has 0 saturated heterocycles. The highest BCUT2D eigenvalue weighted by Gasteiger charge is 2.06. The molecule has 3 heteroatoms.